The van der Waals surface area contributed by atoms with Crippen molar-refractivity contribution in [3.05, 3.63) is 81.6 Å². The fourth-order valence-corrected chi connectivity index (χ4v) is 2.28. The Morgan fingerprint density at radius 3 is 2.19 bits per heavy atom. The van der Waals surface area contributed by atoms with Crippen LogP contribution in [0.2, 0.25) is 0 Å². The van der Waals surface area contributed by atoms with E-state index in [0.717, 1.165) is 11.1 Å². The van der Waals surface area contributed by atoms with Crippen molar-refractivity contribution in [2.24, 2.45) is 0 Å². The standard InChI is InChI=1S/C15H11I/c1-2-13(12-8-4-3-5-9-12)14-10-6-7-11-15(14)16/h3-11H,1H2. The predicted molar refractivity (Wildman–Crippen MR) is 77.3 cm³/mol. The van der Waals surface area contributed by atoms with Gasteiger partial charge in [-0.15, -0.1) is 5.73 Å². The first kappa shape index (κ1) is 11.2. The number of halogens is 1. The van der Waals surface area contributed by atoms with Gasteiger partial charge < -0.3 is 0 Å². The lowest BCUT2D eigenvalue weighted by molar-refractivity contribution is 1.52. The minimum absolute atomic E-state index is 1.06. The average molecular weight is 318 g/mol. The molecule has 0 aliphatic heterocycles. The van der Waals surface area contributed by atoms with E-state index in [0.29, 0.717) is 0 Å². The van der Waals surface area contributed by atoms with Crippen LogP contribution in [0.25, 0.3) is 5.57 Å². The van der Waals surface area contributed by atoms with Crippen molar-refractivity contribution in [1.82, 2.24) is 0 Å². The van der Waals surface area contributed by atoms with Gasteiger partial charge in [-0.1, -0.05) is 55.1 Å². The van der Waals surface area contributed by atoms with Crippen molar-refractivity contribution in [2.45, 2.75) is 0 Å². The lowest BCUT2D eigenvalue weighted by atomic mass is 9.99. The van der Waals surface area contributed by atoms with Gasteiger partial charge in [0.1, 0.15) is 0 Å². The molecular formula is C15H11I. The number of hydrogen-bond acceptors (Lipinski definition) is 0. The van der Waals surface area contributed by atoms with Crippen LogP contribution >= 0.6 is 22.6 Å². The molecule has 2 rings (SSSR count). The number of benzene rings is 2. The highest BCUT2D eigenvalue weighted by Gasteiger charge is 2.06. The van der Waals surface area contributed by atoms with Crippen molar-refractivity contribution in [2.75, 3.05) is 0 Å². The summed E-state index contributed by atoms with van der Waals surface area (Å²) in [7, 11) is 0. The molecule has 0 bridgehead atoms. The van der Waals surface area contributed by atoms with Gasteiger partial charge in [0.2, 0.25) is 0 Å². The van der Waals surface area contributed by atoms with Gasteiger partial charge in [0.05, 0.1) is 0 Å². The van der Waals surface area contributed by atoms with Crippen molar-refractivity contribution >= 4 is 28.2 Å². The Labute approximate surface area is 109 Å². The van der Waals surface area contributed by atoms with Crippen LogP contribution in [-0.4, -0.2) is 0 Å². The Balaban J connectivity index is 2.55. The molecule has 0 N–H and O–H groups in total. The molecule has 0 aromatic heterocycles. The van der Waals surface area contributed by atoms with Crippen molar-refractivity contribution in [1.29, 1.82) is 0 Å². The Hall–Kier alpha value is -1.31. The molecule has 16 heavy (non-hydrogen) atoms. The van der Waals surface area contributed by atoms with E-state index < -0.39 is 0 Å². The molecule has 0 aliphatic rings. The third-order valence-corrected chi connectivity index (χ3v) is 3.32. The van der Waals surface area contributed by atoms with E-state index in [1.807, 2.05) is 30.3 Å². The predicted octanol–water partition coefficient (Wildman–Crippen LogP) is 4.51. The van der Waals surface area contributed by atoms with Crippen LogP contribution in [0, 0.1) is 3.57 Å². The average Bonchev–Trinajstić information content (AvgIpc) is 2.34. The summed E-state index contributed by atoms with van der Waals surface area (Å²) in [6.45, 7) is 3.79. The molecule has 1 heteroatoms. The Morgan fingerprint density at radius 1 is 0.938 bits per heavy atom. The van der Waals surface area contributed by atoms with E-state index in [1.54, 1.807) is 0 Å². The van der Waals surface area contributed by atoms with E-state index in [-0.39, 0.29) is 0 Å². The summed E-state index contributed by atoms with van der Waals surface area (Å²) in [6.07, 6.45) is 0. The van der Waals surface area contributed by atoms with Gasteiger partial charge in [-0.2, -0.15) is 0 Å². The van der Waals surface area contributed by atoms with Crippen LogP contribution in [0.3, 0.4) is 0 Å². The van der Waals surface area contributed by atoms with E-state index in [4.69, 9.17) is 0 Å². The van der Waals surface area contributed by atoms with Crippen LogP contribution in [0.5, 0.6) is 0 Å². The number of rotatable bonds is 2. The largest absolute Gasteiger partial charge is 0.119 e. The van der Waals surface area contributed by atoms with Crippen molar-refractivity contribution < 1.29 is 0 Å². The topological polar surface area (TPSA) is 0 Å². The zero-order valence-corrected chi connectivity index (χ0v) is 10.9. The van der Waals surface area contributed by atoms with E-state index in [1.165, 1.54) is 9.13 Å². The molecule has 2 aromatic rings. The Morgan fingerprint density at radius 2 is 1.56 bits per heavy atom. The van der Waals surface area contributed by atoms with Gasteiger partial charge in [0.25, 0.3) is 0 Å². The third-order valence-electron chi connectivity index (χ3n) is 2.38. The minimum Gasteiger partial charge on any atom is -0.119 e. The second-order valence-electron chi connectivity index (χ2n) is 3.40. The fraction of sp³-hybridized carbons (Fsp3) is 0. The first-order valence-electron chi connectivity index (χ1n) is 5.03. The quantitative estimate of drug-likeness (QED) is 0.565. The molecule has 0 saturated carbocycles. The smallest absolute Gasteiger partial charge is 0.0313 e. The molecule has 0 spiro atoms. The fourth-order valence-electron chi connectivity index (χ4n) is 1.62. The van der Waals surface area contributed by atoms with Crippen molar-refractivity contribution in [3.8, 4) is 0 Å². The van der Waals surface area contributed by atoms with Gasteiger partial charge in [0, 0.05) is 14.7 Å². The van der Waals surface area contributed by atoms with Crippen LogP contribution < -0.4 is 0 Å². The Bertz CT molecular complexity index is 534. The summed E-state index contributed by atoms with van der Waals surface area (Å²) in [5.41, 5.74) is 6.44. The lowest BCUT2D eigenvalue weighted by Crippen LogP contribution is -1.89. The van der Waals surface area contributed by atoms with Crippen LogP contribution in [0.1, 0.15) is 11.1 Å². The van der Waals surface area contributed by atoms with E-state index in [9.17, 15) is 0 Å². The summed E-state index contributed by atoms with van der Waals surface area (Å²) in [6, 6.07) is 18.5. The molecule has 0 nitrogen and oxygen atoms in total. The van der Waals surface area contributed by atoms with Crippen molar-refractivity contribution in [3.63, 3.8) is 0 Å². The summed E-state index contributed by atoms with van der Waals surface area (Å²) in [5.74, 6) is 0. The normalized spacial score (nSPS) is 9.56. The highest BCUT2D eigenvalue weighted by Crippen LogP contribution is 2.25. The maximum Gasteiger partial charge on any atom is 0.0313 e. The molecule has 0 unspecified atom stereocenters. The zero-order chi connectivity index (χ0) is 11.4. The van der Waals surface area contributed by atoms with Crippen LogP contribution in [-0.2, 0) is 0 Å². The first-order valence-corrected chi connectivity index (χ1v) is 6.11. The molecule has 0 amide bonds. The SMILES string of the molecule is C=C=C(c1ccccc1)c1ccccc1I. The zero-order valence-electron chi connectivity index (χ0n) is 8.78. The molecule has 0 fully saturated rings. The van der Waals surface area contributed by atoms with Crippen LogP contribution in [0.4, 0.5) is 0 Å². The number of hydrogen-bond donors (Lipinski definition) is 0. The molecule has 0 atom stereocenters. The van der Waals surface area contributed by atoms with E-state index >= 15 is 0 Å². The summed E-state index contributed by atoms with van der Waals surface area (Å²) < 4.78 is 1.22. The summed E-state index contributed by atoms with van der Waals surface area (Å²) in [5, 5.41) is 0. The first-order chi connectivity index (χ1) is 7.83. The second-order valence-corrected chi connectivity index (χ2v) is 4.56. The molecule has 0 aliphatic carbocycles. The highest BCUT2D eigenvalue weighted by atomic mass is 127. The molecule has 0 radical (unpaired) electrons. The molecular weight excluding hydrogens is 307 g/mol. The third kappa shape index (κ3) is 2.26. The molecule has 0 heterocycles. The summed E-state index contributed by atoms with van der Waals surface area (Å²) in [4.78, 5) is 0. The summed E-state index contributed by atoms with van der Waals surface area (Å²) >= 11 is 2.34. The van der Waals surface area contributed by atoms with Gasteiger partial charge >= 0.3 is 0 Å². The van der Waals surface area contributed by atoms with Gasteiger partial charge in [0.15, 0.2) is 0 Å². The minimum atomic E-state index is 1.06. The lowest BCUT2D eigenvalue weighted by Gasteiger charge is -2.07. The Kier molecular flexibility index (Phi) is 3.60. The maximum absolute atomic E-state index is 3.79. The molecule has 0 saturated heterocycles. The molecule has 78 valence electrons. The van der Waals surface area contributed by atoms with Gasteiger partial charge in [-0.25, -0.2) is 0 Å². The maximum atomic E-state index is 3.79. The van der Waals surface area contributed by atoms with Gasteiger partial charge in [-0.05, 0) is 34.2 Å². The molecule has 2 aromatic carbocycles. The monoisotopic (exact) mass is 318 g/mol. The van der Waals surface area contributed by atoms with E-state index in [2.05, 4.69) is 59.2 Å². The van der Waals surface area contributed by atoms with Crippen LogP contribution in [0.15, 0.2) is 66.9 Å². The second kappa shape index (κ2) is 5.15. The van der Waals surface area contributed by atoms with Gasteiger partial charge in [-0.3, -0.25) is 0 Å². The highest BCUT2D eigenvalue weighted by molar-refractivity contribution is 14.1.